The Bertz CT molecular complexity index is 995. The summed E-state index contributed by atoms with van der Waals surface area (Å²) in [6, 6.07) is 12.7. The van der Waals surface area contributed by atoms with E-state index in [2.05, 4.69) is 20.4 Å². The lowest BCUT2D eigenvalue weighted by Gasteiger charge is -2.42. The van der Waals surface area contributed by atoms with Gasteiger partial charge in [0.2, 0.25) is 0 Å². The van der Waals surface area contributed by atoms with Gasteiger partial charge in [-0.2, -0.15) is 0 Å². The first-order valence-electron chi connectivity index (χ1n) is 13.5. The van der Waals surface area contributed by atoms with Crippen LogP contribution >= 0.6 is 0 Å². The summed E-state index contributed by atoms with van der Waals surface area (Å²) in [5, 5.41) is 6.13. The molecule has 2 aliphatic heterocycles. The van der Waals surface area contributed by atoms with Crippen molar-refractivity contribution in [2.45, 2.75) is 44.6 Å². The van der Waals surface area contributed by atoms with Crippen LogP contribution in [0.3, 0.4) is 0 Å². The van der Waals surface area contributed by atoms with Crippen LogP contribution in [0, 0.1) is 29.4 Å². The maximum absolute atomic E-state index is 13.3. The summed E-state index contributed by atoms with van der Waals surface area (Å²) in [6.07, 6.45) is 7.09. The third-order valence-electron chi connectivity index (χ3n) is 8.01. The number of amides is 2. The molecule has 5 nitrogen and oxygen atoms in total. The summed E-state index contributed by atoms with van der Waals surface area (Å²) in [5.74, 6) is 1.29. The van der Waals surface area contributed by atoms with Gasteiger partial charge in [-0.05, 0) is 111 Å². The average molecular weight is 497 g/mol. The Morgan fingerprint density at radius 2 is 1.50 bits per heavy atom. The summed E-state index contributed by atoms with van der Waals surface area (Å²) in [4.78, 5) is 17.9. The zero-order valence-electron chi connectivity index (χ0n) is 21.0. The van der Waals surface area contributed by atoms with Gasteiger partial charge in [-0.1, -0.05) is 12.1 Å². The predicted octanol–water partition coefficient (Wildman–Crippen LogP) is 5.14. The van der Waals surface area contributed by atoms with E-state index in [0.29, 0.717) is 17.5 Å². The van der Waals surface area contributed by atoms with Gasteiger partial charge in [-0.15, -0.1) is 0 Å². The van der Waals surface area contributed by atoms with Crippen LogP contribution in [-0.2, 0) is 6.42 Å². The molecule has 3 aliphatic rings. The molecule has 3 atom stereocenters. The number of carbonyl (C=O) groups excluding carboxylic acids is 1. The summed E-state index contributed by atoms with van der Waals surface area (Å²) in [5.41, 5.74) is 1.80. The zero-order chi connectivity index (χ0) is 24.9. The van der Waals surface area contributed by atoms with E-state index in [1.807, 2.05) is 12.1 Å². The molecule has 2 amide bonds. The van der Waals surface area contributed by atoms with Crippen LogP contribution in [0.4, 0.5) is 19.3 Å². The van der Waals surface area contributed by atoms with Crippen molar-refractivity contribution in [1.29, 1.82) is 0 Å². The van der Waals surface area contributed by atoms with E-state index in [-0.39, 0.29) is 23.7 Å². The van der Waals surface area contributed by atoms with Crippen LogP contribution in [0.15, 0.2) is 48.5 Å². The van der Waals surface area contributed by atoms with Crippen LogP contribution in [0.5, 0.6) is 0 Å². The van der Waals surface area contributed by atoms with Gasteiger partial charge in [-0.3, -0.25) is 0 Å². The number of urea groups is 1. The minimum absolute atomic E-state index is 0.0791. The molecular weight excluding hydrogens is 458 g/mol. The molecule has 3 fully saturated rings. The second-order valence-electron chi connectivity index (χ2n) is 11.1. The second kappa shape index (κ2) is 11.7. The summed E-state index contributed by atoms with van der Waals surface area (Å²) >= 11 is 0. The molecule has 0 bridgehead atoms. The summed E-state index contributed by atoms with van der Waals surface area (Å²) in [6.45, 7) is 6.23. The predicted molar refractivity (Wildman–Crippen MR) is 139 cm³/mol. The number of nitrogens with one attached hydrogen (secondary N) is 2. The smallest absolute Gasteiger partial charge is 0.319 e. The number of hydrogen-bond acceptors (Lipinski definition) is 3. The van der Waals surface area contributed by atoms with Gasteiger partial charge in [0.05, 0.1) is 0 Å². The van der Waals surface area contributed by atoms with Gasteiger partial charge in [0.1, 0.15) is 11.6 Å². The van der Waals surface area contributed by atoms with Gasteiger partial charge in [0, 0.05) is 37.9 Å². The summed E-state index contributed by atoms with van der Waals surface area (Å²) in [7, 11) is 0. The van der Waals surface area contributed by atoms with Gasteiger partial charge >= 0.3 is 6.03 Å². The molecule has 2 aromatic rings. The maximum Gasteiger partial charge on any atom is 0.319 e. The Hall–Kier alpha value is -2.51. The number of halogens is 2. The highest BCUT2D eigenvalue weighted by atomic mass is 19.1. The topological polar surface area (TPSA) is 47.6 Å². The quantitative estimate of drug-likeness (QED) is 0.532. The fourth-order valence-corrected chi connectivity index (χ4v) is 5.92. The van der Waals surface area contributed by atoms with Crippen LogP contribution in [0.25, 0.3) is 0 Å². The zero-order valence-corrected chi connectivity index (χ0v) is 21.0. The van der Waals surface area contributed by atoms with Crippen LogP contribution in [0.1, 0.15) is 37.7 Å². The van der Waals surface area contributed by atoms with Crippen molar-refractivity contribution in [3.8, 4) is 0 Å². The molecule has 2 heterocycles. The van der Waals surface area contributed by atoms with Crippen molar-refractivity contribution in [3.63, 3.8) is 0 Å². The van der Waals surface area contributed by atoms with E-state index in [1.54, 1.807) is 24.3 Å². The van der Waals surface area contributed by atoms with E-state index in [0.717, 1.165) is 58.0 Å². The highest BCUT2D eigenvalue weighted by molar-refractivity contribution is 5.89. The SMILES string of the molecule is O=C(Nc1ccc(F)cc1)N[C@H]1CN(CC2CC2)CC[C@H]1CN1CCCC(Cc2ccc(F)cc2)C1. The Balaban J connectivity index is 1.18. The van der Waals surface area contributed by atoms with Crippen LogP contribution in [0.2, 0.25) is 0 Å². The second-order valence-corrected chi connectivity index (χ2v) is 11.1. The van der Waals surface area contributed by atoms with Gasteiger partial charge in [0.15, 0.2) is 0 Å². The Morgan fingerprint density at radius 3 is 2.22 bits per heavy atom. The number of nitrogens with zero attached hydrogens (tertiary/aromatic N) is 2. The standard InChI is InChI=1S/C29H38F2N4O/c30-25-7-5-21(6-8-25)16-23-2-1-14-34(18-23)19-24-13-15-35(17-22-3-4-22)20-28(24)33-29(36)32-27-11-9-26(31)10-12-27/h5-12,22-24,28H,1-4,13-20H2,(H2,32,33,36)/t23?,24-,28-/m0/s1. The van der Waals surface area contributed by atoms with E-state index >= 15 is 0 Å². The first-order valence-corrected chi connectivity index (χ1v) is 13.5. The number of hydrogen-bond donors (Lipinski definition) is 2. The van der Waals surface area contributed by atoms with Crippen molar-refractivity contribution >= 4 is 11.7 Å². The Kier molecular flexibility index (Phi) is 8.17. The van der Waals surface area contributed by atoms with Crippen molar-refractivity contribution in [2.24, 2.45) is 17.8 Å². The van der Waals surface area contributed by atoms with E-state index < -0.39 is 0 Å². The van der Waals surface area contributed by atoms with Crippen molar-refractivity contribution in [2.75, 3.05) is 44.6 Å². The highest BCUT2D eigenvalue weighted by Crippen LogP contribution is 2.32. The third-order valence-corrected chi connectivity index (χ3v) is 8.01. The third kappa shape index (κ3) is 7.26. The average Bonchev–Trinajstić information content (AvgIpc) is 3.68. The summed E-state index contributed by atoms with van der Waals surface area (Å²) < 4.78 is 26.5. The molecule has 0 spiro atoms. The minimum atomic E-state index is -0.316. The number of piperidine rings is 2. The van der Waals surface area contributed by atoms with Gasteiger partial charge in [0.25, 0.3) is 0 Å². The molecular formula is C29H38F2N4O. The molecule has 1 saturated carbocycles. The lowest BCUT2D eigenvalue weighted by Crippen LogP contribution is -2.56. The largest absolute Gasteiger partial charge is 0.334 e. The number of rotatable bonds is 8. The fourth-order valence-electron chi connectivity index (χ4n) is 5.92. The van der Waals surface area contributed by atoms with Crippen molar-refractivity contribution in [3.05, 3.63) is 65.7 Å². The van der Waals surface area contributed by atoms with E-state index in [4.69, 9.17) is 0 Å². The number of benzene rings is 2. The maximum atomic E-state index is 13.3. The van der Waals surface area contributed by atoms with Crippen LogP contribution in [-0.4, -0.2) is 61.1 Å². The minimum Gasteiger partial charge on any atom is -0.334 e. The first kappa shape index (κ1) is 25.2. The van der Waals surface area contributed by atoms with E-state index in [9.17, 15) is 13.6 Å². The molecule has 5 rings (SSSR count). The van der Waals surface area contributed by atoms with Crippen molar-refractivity contribution < 1.29 is 13.6 Å². The molecule has 36 heavy (non-hydrogen) atoms. The number of likely N-dealkylation sites (tertiary alicyclic amines) is 2. The molecule has 0 aromatic heterocycles. The molecule has 2 N–H and O–H groups in total. The lowest BCUT2D eigenvalue weighted by molar-refractivity contribution is 0.0882. The molecule has 7 heteroatoms. The Labute approximate surface area is 213 Å². The molecule has 1 unspecified atom stereocenters. The normalized spacial score (nSPS) is 25.4. The van der Waals surface area contributed by atoms with Gasteiger partial charge < -0.3 is 20.4 Å². The molecule has 2 aromatic carbocycles. The number of carbonyl (C=O) groups is 1. The molecule has 1 aliphatic carbocycles. The van der Waals surface area contributed by atoms with E-state index in [1.165, 1.54) is 43.4 Å². The van der Waals surface area contributed by atoms with Crippen molar-refractivity contribution in [1.82, 2.24) is 15.1 Å². The Morgan fingerprint density at radius 1 is 0.806 bits per heavy atom. The van der Waals surface area contributed by atoms with Gasteiger partial charge in [-0.25, -0.2) is 13.6 Å². The van der Waals surface area contributed by atoms with Crippen LogP contribution < -0.4 is 10.6 Å². The first-order chi connectivity index (χ1) is 17.5. The lowest BCUT2D eigenvalue weighted by atomic mass is 9.87. The monoisotopic (exact) mass is 496 g/mol. The molecule has 2 saturated heterocycles. The number of anilines is 1. The fraction of sp³-hybridized carbons (Fsp3) is 0.552. The highest BCUT2D eigenvalue weighted by Gasteiger charge is 2.35. The molecule has 194 valence electrons. The molecule has 0 radical (unpaired) electrons.